The molecule has 5 heteroatoms. The Morgan fingerprint density at radius 1 is 1.48 bits per heavy atom. The lowest BCUT2D eigenvalue weighted by Crippen LogP contribution is -2.32. The molecular weight excluding hydrogens is 295 g/mol. The molecule has 23 heavy (non-hydrogen) atoms. The van der Waals surface area contributed by atoms with Crippen LogP contribution in [0.3, 0.4) is 0 Å². The highest BCUT2D eigenvalue weighted by molar-refractivity contribution is 5.77. The number of nitrogens with one attached hydrogen (secondary N) is 1. The van der Waals surface area contributed by atoms with Gasteiger partial charge in [0.15, 0.2) is 0 Å². The van der Waals surface area contributed by atoms with E-state index in [4.69, 9.17) is 4.74 Å². The van der Waals surface area contributed by atoms with Crippen LogP contribution in [-0.2, 0) is 9.53 Å². The maximum atomic E-state index is 13.8. The highest BCUT2D eigenvalue weighted by Gasteiger charge is 2.23. The molecule has 1 aromatic carbocycles. The van der Waals surface area contributed by atoms with Crippen LogP contribution >= 0.6 is 0 Å². The topological polar surface area (TPSA) is 62.1 Å². The molecule has 2 rings (SSSR count). The van der Waals surface area contributed by atoms with Gasteiger partial charge in [0.2, 0.25) is 5.91 Å². The molecule has 1 N–H and O–H groups in total. The number of hydrogen-bond donors (Lipinski definition) is 1. The van der Waals surface area contributed by atoms with Gasteiger partial charge in [-0.3, -0.25) is 4.79 Å². The predicted octanol–water partition coefficient (Wildman–Crippen LogP) is 3.41. The van der Waals surface area contributed by atoms with Gasteiger partial charge in [0, 0.05) is 12.2 Å². The molecule has 0 unspecified atom stereocenters. The third kappa shape index (κ3) is 4.64. The van der Waals surface area contributed by atoms with Crippen molar-refractivity contribution in [1.82, 2.24) is 5.32 Å². The predicted molar refractivity (Wildman–Crippen MR) is 84.9 cm³/mol. The van der Waals surface area contributed by atoms with E-state index in [-0.39, 0.29) is 24.0 Å². The van der Waals surface area contributed by atoms with Crippen molar-refractivity contribution in [2.45, 2.75) is 44.8 Å². The molecule has 1 aromatic rings. The van der Waals surface area contributed by atoms with Crippen LogP contribution in [0, 0.1) is 17.1 Å². The van der Waals surface area contributed by atoms with E-state index in [1.807, 2.05) is 13.0 Å². The largest absolute Gasteiger partial charge is 0.374 e. The van der Waals surface area contributed by atoms with Crippen LogP contribution in [0.25, 0.3) is 0 Å². The normalized spacial score (nSPS) is 16.3. The fourth-order valence-corrected chi connectivity index (χ4v) is 2.76. The summed E-state index contributed by atoms with van der Waals surface area (Å²) in [6.07, 6.45) is 5.03. The van der Waals surface area contributed by atoms with Crippen LogP contribution in [-0.4, -0.2) is 18.6 Å². The highest BCUT2D eigenvalue weighted by atomic mass is 19.1. The second-order valence-electron chi connectivity index (χ2n) is 5.47. The first kappa shape index (κ1) is 17.2. The third-order valence-electron chi connectivity index (χ3n) is 3.88. The van der Waals surface area contributed by atoms with Crippen molar-refractivity contribution in [3.63, 3.8) is 0 Å². The Morgan fingerprint density at radius 2 is 2.26 bits per heavy atom. The van der Waals surface area contributed by atoms with E-state index < -0.39 is 11.9 Å². The molecule has 1 aliphatic carbocycles. The van der Waals surface area contributed by atoms with Crippen molar-refractivity contribution in [2.24, 2.45) is 0 Å². The zero-order valence-electron chi connectivity index (χ0n) is 13.2. The van der Waals surface area contributed by atoms with E-state index >= 15 is 0 Å². The van der Waals surface area contributed by atoms with Crippen LogP contribution < -0.4 is 5.32 Å². The third-order valence-corrected chi connectivity index (χ3v) is 3.88. The second kappa shape index (κ2) is 8.44. The number of benzene rings is 1. The summed E-state index contributed by atoms with van der Waals surface area (Å²) in [4.78, 5) is 12.2. The molecule has 0 radical (unpaired) electrons. The zero-order chi connectivity index (χ0) is 16.7. The van der Waals surface area contributed by atoms with E-state index in [2.05, 4.69) is 11.4 Å². The maximum Gasteiger partial charge on any atom is 0.224 e. The van der Waals surface area contributed by atoms with Gasteiger partial charge in [0.25, 0.3) is 0 Å². The van der Waals surface area contributed by atoms with Gasteiger partial charge in [-0.25, -0.2) is 4.39 Å². The van der Waals surface area contributed by atoms with E-state index in [1.165, 1.54) is 12.1 Å². The summed E-state index contributed by atoms with van der Waals surface area (Å²) >= 11 is 0. The lowest BCUT2D eigenvalue weighted by atomic mass is 10.0. The Hall–Kier alpha value is -2.19. The average Bonchev–Trinajstić information content (AvgIpc) is 3.07. The van der Waals surface area contributed by atoms with Crippen molar-refractivity contribution in [3.05, 3.63) is 47.3 Å². The number of rotatable bonds is 7. The summed E-state index contributed by atoms with van der Waals surface area (Å²) < 4.78 is 19.4. The Kier molecular flexibility index (Phi) is 6.30. The van der Waals surface area contributed by atoms with Crippen LogP contribution in [0.2, 0.25) is 0 Å². The zero-order valence-corrected chi connectivity index (χ0v) is 13.2. The number of ether oxygens (including phenoxy) is 1. The van der Waals surface area contributed by atoms with Gasteiger partial charge in [-0.15, -0.1) is 0 Å². The molecule has 0 aliphatic heterocycles. The molecule has 2 atom stereocenters. The molecule has 0 saturated heterocycles. The second-order valence-corrected chi connectivity index (χ2v) is 5.47. The standard InChI is InChI=1S/C18H21FN2O2/c1-2-23-17(13-7-3-4-8-13)11-18(22)21-16(12-20)14-9-5-6-10-15(14)19/h5-7,9-10,16-17H,2-4,8,11H2,1H3,(H,21,22)/t16-,17-/m1/s1. The van der Waals surface area contributed by atoms with Crippen molar-refractivity contribution in [2.75, 3.05) is 6.61 Å². The molecule has 0 fully saturated rings. The van der Waals surface area contributed by atoms with Gasteiger partial charge in [0.05, 0.1) is 18.6 Å². The molecule has 1 amide bonds. The van der Waals surface area contributed by atoms with E-state index in [1.54, 1.807) is 12.1 Å². The Morgan fingerprint density at radius 3 is 2.87 bits per heavy atom. The van der Waals surface area contributed by atoms with Gasteiger partial charge in [0.1, 0.15) is 11.9 Å². The number of carbonyl (C=O) groups excluding carboxylic acids is 1. The Balaban J connectivity index is 2.02. The lowest BCUT2D eigenvalue weighted by Gasteiger charge is -2.19. The van der Waals surface area contributed by atoms with Crippen LogP contribution in [0.4, 0.5) is 4.39 Å². The molecule has 0 bridgehead atoms. The minimum atomic E-state index is -0.997. The fraction of sp³-hybridized carbons (Fsp3) is 0.444. The number of amides is 1. The van der Waals surface area contributed by atoms with E-state index in [0.717, 1.165) is 24.8 Å². The Bertz CT molecular complexity index is 622. The number of allylic oxidation sites excluding steroid dienone is 1. The van der Waals surface area contributed by atoms with Gasteiger partial charge in [-0.2, -0.15) is 5.26 Å². The van der Waals surface area contributed by atoms with Crippen molar-refractivity contribution in [1.29, 1.82) is 5.26 Å². The minimum absolute atomic E-state index is 0.145. The van der Waals surface area contributed by atoms with Crippen LogP contribution in [0.5, 0.6) is 0 Å². The number of carbonyl (C=O) groups is 1. The summed E-state index contributed by atoms with van der Waals surface area (Å²) in [5.41, 5.74) is 1.32. The molecular formula is C18H21FN2O2. The SMILES string of the molecule is CCO[C@H](CC(=O)N[C@H](C#N)c1ccccc1F)C1=CCCC1. The summed E-state index contributed by atoms with van der Waals surface area (Å²) in [7, 11) is 0. The van der Waals surface area contributed by atoms with E-state index in [0.29, 0.717) is 6.61 Å². The van der Waals surface area contributed by atoms with Crippen molar-refractivity contribution >= 4 is 5.91 Å². The van der Waals surface area contributed by atoms with Crippen LogP contribution in [0.15, 0.2) is 35.9 Å². The molecule has 122 valence electrons. The molecule has 0 aromatic heterocycles. The number of hydrogen-bond acceptors (Lipinski definition) is 3. The van der Waals surface area contributed by atoms with Gasteiger partial charge >= 0.3 is 0 Å². The molecule has 1 aliphatic rings. The molecule has 0 heterocycles. The van der Waals surface area contributed by atoms with Gasteiger partial charge < -0.3 is 10.1 Å². The van der Waals surface area contributed by atoms with E-state index in [9.17, 15) is 14.4 Å². The van der Waals surface area contributed by atoms with Gasteiger partial charge in [-0.05, 0) is 37.8 Å². The first-order valence-electron chi connectivity index (χ1n) is 7.89. The quantitative estimate of drug-likeness (QED) is 0.784. The average molecular weight is 316 g/mol. The first-order valence-corrected chi connectivity index (χ1v) is 7.89. The first-order chi connectivity index (χ1) is 11.2. The lowest BCUT2D eigenvalue weighted by molar-refractivity contribution is -0.123. The Labute approximate surface area is 135 Å². The molecule has 0 spiro atoms. The number of halogens is 1. The molecule has 4 nitrogen and oxygen atoms in total. The fourth-order valence-electron chi connectivity index (χ4n) is 2.76. The van der Waals surface area contributed by atoms with Crippen molar-refractivity contribution in [3.8, 4) is 6.07 Å². The maximum absolute atomic E-state index is 13.8. The summed E-state index contributed by atoms with van der Waals surface area (Å²) in [5.74, 6) is -0.815. The summed E-state index contributed by atoms with van der Waals surface area (Å²) in [5, 5.41) is 11.8. The van der Waals surface area contributed by atoms with Gasteiger partial charge in [-0.1, -0.05) is 24.3 Å². The monoisotopic (exact) mass is 316 g/mol. The number of nitriles is 1. The number of nitrogens with zero attached hydrogens (tertiary/aromatic N) is 1. The summed E-state index contributed by atoms with van der Waals surface area (Å²) in [6.45, 7) is 2.40. The smallest absolute Gasteiger partial charge is 0.224 e. The highest BCUT2D eigenvalue weighted by Crippen LogP contribution is 2.25. The minimum Gasteiger partial charge on any atom is -0.374 e. The summed E-state index contributed by atoms with van der Waals surface area (Å²) in [6, 6.07) is 6.91. The van der Waals surface area contributed by atoms with Crippen LogP contribution in [0.1, 0.15) is 44.2 Å². The van der Waals surface area contributed by atoms with Crippen molar-refractivity contribution < 1.29 is 13.9 Å². The molecule has 0 saturated carbocycles.